The minimum atomic E-state index is -4.55. The maximum absolute atomic E-state index is 15.1. The third-order valence-electron chi connectivity index (χ3n) is 10.4. The number of carbonyl (C=O) groups excluding carboxylic acids is 4. The lowest BCUT2D eigenvalue weighted by Gasteiger charge is -2.32. The second-order valence-electron chi connectivity index (χ2n) is 14.8. The molecule has 2 aliphatic rings. The van der Waals surface area contributed by atoms with E-state index < -0.39 is 52.9 Å². The van der Waals surface area contributed by atoms with Crippen molar-refractivity contribution < 1.29 is 36.7 Å². The Morgan fingerprint density at radius 3 is 2.33 bits per heavy atom. The fourth-order valence-corrected chi connectivity index (χ4v) is 6.71. The summed E-state index contributed by atoms with van der Waals surface area (Å²) in [7, 11) is 0. The molecule has 4 amide bonds. The van der Waals surface area contributed by atoms with Crippen LogP contribution in [0.25, 0.3) is 17.1 Å². The summed E-state index contributed by atoms with van der Waals surface area (Å²) in [4.78, 5) is 63.8. The van der Waals surface area contributed by atoms with Gasteiger partial charge >= 0.3 is 6.18 Å². The van der Waals surface area contributed by atoms with Gasteiger partial charge in [-0.3, -0.25) is 34.5 Å². The number of carbonyl (C=O) groups is 4. The van der Waals surface area contributed by atoms with E-state index in [1.807, 2.05) is 24.3 Å². The molecule has 15 nitrogen and oxygen atoms in total. The van der Waals surface area contributed by atoms with Crippen LogP contribution in [0.15, 0.2) is 67.3 Å². The van der Waals surface area contributed by atoms with Crippen LogP contribution >= 0.6 is 0 Å². The first-order valence-electron chi connectivity index (χ1n) is 18.5. The van der Waals surface area contributed by atoms with E-state index in [9.17, 15) is 32.3 Å². The molecular formula is C39H39F4N11O4. The van der Waals surface area contributed by atoms with Crippen LogP contribution < -0.4 is 16.0 Å². The smallest absolute Gasteiger partial charge is 0.345 e. The number of H-pyrrole nitrogens is 1. The number of hydrogen-bond donors (Lipinski definition) is 4. The Labute approximate surface area is 329 Å². The summed E-state index contributed by atoms with van der Waals surface area (Å²) in [5.41, 5.74) is 1.39. The predicted molar refractivity (Wildman–Crippen MR) is 199 cm³/mol. The van der Waals surface area contributed by atoms with Gasteiger partial charge in [-0.15, -0.1) is 0 Å². The number of amides is 4. The molecule has 0 aliphatic carbocycles. The van der Waals surface area contributed by atoms with Crippen LogP contribution in [0.4, 0.5) is 17.6 Å². The van der Waals surface area contributed by atoms with Crippen LogP contribution in [0.3, 0.4) is 0 Å². The van der Waals surface area contributed by atoms with Crippen LogP contribution in [0.5, 0.6) is 0 Å². The maximum Gasteiger partial charge on any atom is 0.401 e. The molecule has 0 spiro atoms. The van der Waals surface area contributed by atoms with Gasteiger partial charge in [0.25, 0.3) is 11.8 Å². The third kappa shape index (κ3) is 8.78. The number of aromatic amines is 1. The van der Waals surface area contributed by atoms with Crippen LogP contribution in [0.2, 0.25) is 0 Å². The monoisotopic (exact) mass is 801 g/mol. The van der Waals surface area contributed by atoms with Gasteiger partial charge in [0.15, 0.2) is 5.82 Å². The lowest BCUT2D eigenvalue weighted by atomic mass is 9.88. The summed E-state index contributed by atoms with van der Waals surface area (Å²) < 4.78 is 56.3. The van der Waals surface area contributed by atoms with Gasteiger partial charge in [0.1, 0.15) is 23.1 Å². The van der Waals surface area contributed by atoms with E-state index in [0.717, 1.165) is 68.6 Å². The summed E-state index contributed by atoms with van der Waals surface area (Å²) >= 11 is 0. The zero-order valence-corrected chi connectivity index (χ0v) is 31.4. The van der Waals surface area contributed by atoms with E-state index >= 15 is 4.39 Å². The molecule has 2 aliphatic heterocycles. The highest BCUT2D eigenvalue weighted by Crippen LogP contribution is 2.38. The predicted octanol–water partition coefficient (Wildman–Crippen LogP) is 4.27. The molecule has 58 heavy (non-hydrogen) atoms. The van der Waals surface area contributed by atoms with Crippen LogP contribution in [0, 0.1) is 5.82 Å². The molecule has 4 N–H and O–H groups in total. The zero-order valence-electron chi connectivity index (χ0n) is 31.4. The standard InChI is InChI=1S/C39H39F4N11O4/c1-38(2,39(41,42)43)36-49-31(51-52-36)19-44-33(56)27-18-47-54(21-27)37-45-16-26(17-46-37)23-5-3-22(4-6-23)20-53-13-11-24(12-14-53)25-7-8-28(29(40)15-25)34(57)48-30-9-10-32(55)50-35(30)58/h3-8,15-18,21,24,30H,9-14,19-20H2,1-2H3,(H,44,56)(H,48,57)(H,49,51,52)(H,50,55,58). The molecule has 2 fully saturated rings. The molecule has 302 valence electrons. The third-order valence-corrected chi connectivity index (χ3v) is 10.4. The SMILES string of the molecule is CC(C)(c1n[nH]c(CNC(=O)c2cnn(-c3ncc(-c4ccc(CN5CCC(c6ccc(C(=O)NC7CCC(=O)NC7=O)c(F)c6)CC5)cc4)cn3)c2)n1)C(F)(F)F. The number of benzene rings is 2. The number of likely N-dealkylation sites (tertiary alicyclic amines) is 1. The first-order chi connectivity index (χ1) is 27.6. The van der Waals surface area contributed by atoms with Crippen molar-refractivity contribution in [1.82, 2.24) is 55.8 Å². The Kier molecular flexibility index (Phi) is 11.2. The summed E-state index contributed by atoms with van der Waals surface area (Å²) in [6, 6.07) is 11.8. The van der Waals surface area contributed by atoms with Crippen molar-refractivity contribution >= 4 is 23.6 Å². The van der Waals surface area contributed by atoms with Crippen molar-refractivity contribution in [3.63, 3.8) is 0 Å². The second kappa shape index (κ2) is 16.2. The largest absolute Gasteiger partial charge is 0.401 e. The molecule has 19 heteroatoms. The molecule has 1 atom stereocenters. The van der Waals surface area contributed by atoms with Gasteiger partial charge in [0.05, 0.1) is 23.9 Å². The minimum absolute atomic E-state index is 0.0695. The average Bonchev–Trinajstić information content (AvgIpc) is 3.90. The first kappa shape index (κ1) is 39.8. The van der Waals surface area contributed by atoms with Gasteiger partial charge in [-0.1, -0.05) is 30.3 Å². The highest BCUT2D eigenvalue weighted by molar-refractivity contribution is 6.03. The lowest BCUT2D eigenvalue weighted by molar-refractivity contribution is -0.182. The first-order valence-corrected chi connectivity index (χ1v) is 18.5. The molecule has 2 saturated heterocycles. The normalized spacial score (nSPS) is 16.9. The van der Waals surface area contributed by atoms with Gasteiger partial charge in [-0.05, 0) is 80.9 Å². The molecular weight excluding hydrogens is 762 g/mol. The topological polar surface area (TPSA) is 193 Å². The van der Waals surface area contributed by atoms with E-state index in [0.29, 0.717) is 0 Å². The Balaban J connectivity index is 0.873. The summed E-state index contributed by atoms with van der Waals surface area (Å²) in [6.45, 7) is 4.13. The van der Waals surface area contributed by atoms with Gasteiger partial charge in [0, 0.05) is 37.1 Å². The van der Waals surface area contributed by atoms with Crippen molar-refractivity contribution in [2.45, 2.75) is 76.2 Å². The van der Waals surface area contributed by atoms with Crippen molar-refractivity contribution in [3.05, 3.63) is 107 Å². The molecule has 5 aromatic rings. The Bertz CT molecular complexity index is 2320. The molecule has 2 aromatic carbocycles. The van der Waals surface area contributed by atoms with E-state index in [1.165, 1.54) is 29.2 Å². The number of halogens is 4. The molecule has 3 aromatic heterocycles. The zero-order chi connectivity index (χ0) is 41.2. The van der Waals surface area contributed by atoms with Crippen molar-refractivity contribution in [2.75, 3.05) is 13.1 Å². The molecule has 5 heterocycles. The van der Waals surface area contributed by atoms with Gasteiger partial charge in [0.2, 0.25) is 17.8 Å². The number of imide groups is 1. The molecule has 0 bridgehead atoms. The highest BCUT2D eigenvalue weighted by atomic mass is 19.4. The maximum atomic E-state index is 15.1. The van der Waals surface area contributed by atoms with Crippen LogP contribution in [0.1, 0.15) is 88.9 Å². The van der Waals surface area contributed by atoms with E-state index in [-0.39, 0.29) is 48.2 Å². The van der Waals surface area contributed by atoms with Crippen molar-refractivity contribution in [3.8, 4) is 17.1 Å². The fraction of sp³-hybridized carbons (Fsp3) is 0.359. The molecule has 0 saturated carbocycles. The number of piperidine rings is 2. The lowest BCUT2D eigenvalue weighted by Crippen LogP contribution is -2.52. The van der Waals surface area contributed by atoms with Crippen molar-refractivity contribution in [2.24, 2.45) is 0 Å². The average molecular weight is 802 g/mol. The summed E-state index contributed by atoms with van der Waals surface area (Å²) in [6.07, 6.45) is 3.42. The van der Waals surface area contributed by atoms with E-state index in [2.05, 4.69) is 51.1 Å². The molecule has 7 rings (SSSR count). The summed E-state index contributed by atoms with van der Waals surface area (Å²) in [5.74, 6) is -2.86. The van der Waals surface area contributed by atoms with Crippen LogP contribution in [-0.4, -0.2) is 88.8 Å². The number of hydrogen-bond acceptors (Lipinski definition) is 10. The summed E-state index contributed by atoms with van der Waals surface area (Å²) in [5, 5.41) is 17.5. The number of rotatable bonds is 11. The Morgan fingerprint density at radius 1 is 0.931 bits per heavy atom. The van der Waals surface area contributed by atoms with Crippen LogP contribution in [-0.2, 0) is 28.1 Å². The molecule has 1 unspecified atom stereocenters. The number of alkyl halides is 3. The van der Waals surface area contributed by atoms with E-state index in [1.54, 1.807) is 18.5 Å². The fourth-order valence-electron chi connectivity index (χ4n) is 6.71. The quantitative estimate of drug-likeness (QED) is 0.111. The minimum Gasteiger partial charge on any atom is -0.345 e. The Hall–Kier alpha value is -6.37. The number of aromatic nitrogens is 7. The number of nitrogens with one attached hydrogen (secondary N) is 4. The second-order valence-corrected chi connectivity index (χ2v) is 14.8. The van der Waals surface area contributed by atoms with Gasteiger partial charge in [-0.2, -0.15) is 23.4 Å². The van der Waals surface area contributed by atoms with Gasteiger partial charge < -0.3 is 10.6 Å². The van der Waals surface area contributed by atoms with Gasteiger partial charge in [-0.25, -0.2) is 24.0 Å². The molecule has 0 radical (unpaired) electrons. The Morgan fingerprint density at radius 2 is 1.66 bits per heavy atom. The van der Waals surface area contributed by atoms with E-state index in [4.69, 9.17) is 0 Å². The van der Waals surface area contributed by atoms with Crippen molar-refractivity contribution in [1.29, 1.82) is 0 Å². The number of nitrogens with zero attached hydrogens (tertiary/aromatic N) is 7. The highest BCUT2D eigenvalue weighted by Gasteiger charge is 2.51.